The molecule has 1 N–H and O–H groups in total. The van der Waals surface area contributed by atoms with Gasteiger partial charge in [-0.25, -0.2) is 0 Å². The van der Waals surface area contributed by atoms with Crippen LogP contribution in [0.4, 0.5) is 0 Å². The van der Waals surface area contributed by atoms with Crippen LogP contribution in [0.25, 0.3) is 0 Å². The maximum atomic E-state index is 14.1. The predicted octanol–water partition coefficient (Wildman–Crippen LogP) is 6.79. The van der Waals surface area contributed by atoms with Crippen LogP contribution < -0.4 is 0 Å². The van der Waals surface area contributed by atoms with E-state index in [-0.39, 0.29) is 30.0 Å². The van der Waals surface area contributed by atoms with Crippen LogP contribution in [0.5, 0.6) is 0 Å². The molecule has 234 valence electrons. The molecule has 6 unspecified atom stereocenters. The van der Waals surface area contributed by atoms with Crippen LogP contribution >= 0.6 is 0 Å². The highest BCUT2D eigenvalue weighted by molar-refractivity contribution is 5.90. The quantitative estimate of drug-likeness (QED) is 0.253. The van der Waals surface area contributed by atoms with Crippen molar-refractivity contribution in [2.75, 3.05) is 13.6 Å². The van der Waals surface area contributed by atoms with Crippen LogP contribution in [0.1, 0.15) is 90.5 Å². The third kappa shape index (κ3) is 4.00. The van der Waals surface area contributed by atoms with Crippen LogP contribution in [-0.2, 0) is 20.9 Å². The van der Waals surface area contributed by atoms with Crippen LogP contribution in [0.2, 0.25) is 0 Å². The first-order chi connectivity index (χ1) is 20.7. The van der Waals surface area contributed by atoms with Crippen molar-refractivity contribution < 1.29 is 19.4 Å². The van der Waals surface area contributed by atoms with Crippen molar-refractivity contribution in [3.63, 3.8) is 0 Å². The second-order valence-electron chi connectivity index (χ2n) is 15.9. The lowest BCUT2D eigenvalue weighted by molar-refractivity contribution is -0.197. The van der Waals surface area contributed by atoms with E-state index in [1.165, 1.54) is 37.7 Å². The minimum absolute atomic E-state index is 0.0712. The molecular weight excluding hydrogens is 536 g/mol. The number of nitrogens with zero attached hydrogens (tertiary/aromatic N) is 2. The Hall–Kier alpha value is -2.05. The van der Waals surface area contributed by atoms with Crippen molar-refractivity contribution in [1.82, 2.24) is 9.88 Å². The van der Waals surface area contributed by atoms with E-state index in [0.717, 1.165) is 50.6 Å². The summed E-state index contributed by atoms with van der Waals surface area (Å²) in [7, 11) is 2.18. The van der Waals surface area contributed by atoms with E-state index in [1.54, 1.807) is 0 Å². The zero-order chi connectivity index (χ0) is 30.1. The Morgan fingerprint density at radius 1 is 1.16 bits per heavy atom. The number of carboxylic acid groups (broad SMARTS) is 1. The topological polar surface area (TPSA) is 79.7 Å². The van der Waals surface area contributed by atoms with Crippen molar-refractivity contribution in [2.24, 2.45) is 57.7 Å². The molecule has 6 heteroatoms. The van der Waals surface area contributed by atoms with Crippen molar-refractivity contribution >= 4 is 12.3 Å². The van der Waals surface area contributed by atoms with E-state index in [9.17, 15) is 14.7 Å². The van der Waals surface area contributed by atoms with Gasteiger partial charge in [0.15, 0.2) is 0 Å². The smallest absolute Gasteiger partial charge is 0.315 e. The molecule has 5 fully saturated rings. The van der Waals surface area contributed by atoms with Crippen molar-refractivity contribution in [3.8, 4) is 0 Å². The molecule has 1 aromatic heterocycles. The number of hydrogen-bond acceptors (Lipinski definition) is 5. The number of rotatable bonds is 9. The summed E-state index contributed by atoms with van der Waals surface area (Å²) >= 11 is 0. The van der Waals surface area contributed by atoms with Gasteiger partial charge in [0.2, 0.25) is 0 Å². The average molecular weight is 589 g/mol. The highest BCUT2D eigenvalue weighted by atomic mass is 16.5. The number of aliphatic carboxylic acids is 1. The summed E-state index contributed by atoms with van der Waals surface area (Å²) in [6, 6.07) is 4.13. The molecule has 4 saturated carbocycles. The Balaban J connectivity index is 1.29. The standard InChI is InChI=1S/C37H52N2O4/c1-23(2)31-15-27-17-35(22-40)30-13-12-24(3)29(30)18-36(27,37(31,35)34(41)42)33-16-28(26-10-6-5-7-11-26)32(43-33)21-39(4)20-25-9-8-14-38-19-25/h8-9,14-15,19,22-24,26-30,32-33H,5-7,10-13,16-18,20-21H2,1-4H3,(H,41,42)/t24-,27?,28?,29-,30-,32?,33?,35?,36?,37+/m1/s1. The summed E-state index contributed by atoms with van der Waals surface area (Å²) < 4.78 is 7.38. The molecule has 2 heterocycles. The number of aromatic nitrogens is 1. The van der Waals surface area contributed by atoms with E-state index in [0.29, 0.717) is 30.1 Å². The van der Waals surface area contributed by atoms with Gasteiger partial charge in [-0.05, 0) is 85.8 Å². The summed E-state index contributed by atoms with van der Waals surface area (Å²) in [4.78, 5) is 34.3. The van der Waals surface area contributed by atoms with Crippen molar-refractivity contribution in [3.05, 3.63) is 41.7 Å². The van der Waals surface area contributed by atoms with Gasteiger partial charge in [-0.15, -0.1) is 0 Å². The molecule has 0 aromatic carbocycles. The van der Waals surface area contributed by atoms with Gasteiger partial charge in [-0.3, -0.25) is 14.7 Å². The zero-order valence-corrected chi connectivity index (χ0v) is 26.7. The number of carbonyl (C=O) groups is 2. The summed E-state index contributed by atoms with van der Waals surface area (Å²) in [6.45, 7) is 8.29. The third-order valence-corrected chi connectivity index (χ3v) is 13.8. The molecule has 5 aliphatic carbocycles. The van der Waals surface area contributed by atoms with E-state index in [2.05, 4.69) is 49.8 Å². The highest BCUT2D eigenvalue weighted by Gasteiger charge is 2.86. The van der Waals surface area contributed by atoms with E-state index >= 15 is 0 Å². The Labute approximate surface area is 258 Å². The minimum atomic E-state index is -1.16. The molecule has 1 saturated heterocycles. The Morgan fingerprint density at radius 2 is 1.95 bits per heavy atom. The molecule has 1 aromatic rings. The largest absolute Gasteiger partial charge is 0.481 e. The number of pyridine rings is 1. The second-order valence-corrected chi connectivity index (χ2v) is 15.9. The second kappa shape index (κ2) is 10.8. The molecule has 4 bridgehead atoms. The van der Waals surface area contributed by atoms with Crippen molar-refractivity contribution in [1.29, 1.82) is 0 Å². The summed E-state index contributed by atoms with van der Waals surface area (Å²) in [5, 5.41) is 11.5. The van der Waals surface area contributed by atoms with E-state index < -0.39 is 22.2 Å². The number of aldehydes is 1. The molecule has 0 amide bonds. The summed E-state index contributed by atoms with van der Waals surface area (Å²) in [6.07, 6.45) is 18.2. The maximum Gasteiger partial charge on any atom is 0.315 e. The molecular formula is C37H52N2O4. The highest BCUT2D eigenvalue weighted by Crippen LogP contribution is 2.84. The number of allylic oxidation sites excluding steroid dienone is 1. The molecule has 7 rings (SSSR count). The van der Waals surface area contributed by atoms with Gasteiger partial charge in [-0.1, -0.05) is 77.0 Å². The van der Waals surface area contributed by atoms with Gasteiger partial charge in [0.1, 0.15) is 11.7 Å². The van der Waals surface area contributed by atoms with Gasteiger partial charge in [-0.2, -0.15) is 0 Å². The summed E-state index contributed by atoms with van der Waals surface area (Å²) in [5.74, 6) is 1.55. The molecule has 10 atom stereocenters. The van der Waals surface area contributed by atoms with E-state index in [1.807, 2.05) is 18.5 Å². The fourth-order valence-corrected chi connectivity index (χ4v) is 12.4. The molecule has 6 aliphatic rings. The average Bonchev–Trinajstić information content (AvgIpc) is 3.71. The van der Waals surface area contributed by atoms with Crippen LogP contribution in [0.3, 0.4) is 0 Å². The van der Waals surface area contributed by atoms with Crippen LogP contribution in [0, 0.1) is 57.7 Å². The third-order valence-electron chi connectivity index (χ3n) is 13.8. The first-order valence-corrected chi connectivity index (χ1v) is 17.3. The van der Waals surface area contributed by atoms with Crippen LogP contribution in [-0.4, -0.2) is 53.0 Å². The zero-order valence-electron chi connectivity index (χ0n) is 26.7. The normalized spacial score (nSPS) is 43.8. The Morgan fingerprint density at radius 3 is 2.63 bits per heavy atom. The fourth-order valence-electron chi connectivity index (χ4n) is 12.4. The first kappa shape index (κ1) is 29.6. The SMILES string of the molecule is CC(C)C1=CC2CC3(C=O)[C@@H]4CC[C@@H](C)[C@H]4CC2(C2CC(C4CCCCC4)C(CN(C)Cc4cccnc4)O2)[C@]13C(=O)O. The fraction of sp³-hybridized carbons (Fsp3) is 0.757. The lowest BCUT2D eigenvalue weighted by Crippen LogP contribution is -2.65. The van der Waals surface area contributed by atoms with Gasteiger partial charge >= 0.3 is 5.97 Å². The number of carboxylic acids is 1. The van der Waals surface area contributed by atoms with Gasteiger partial charge in [0.05, 0.1) is 17.6 Å². The number of ether oxygens (including phenoxy) is 1. The molecule has 1 aliphatic heterocycles. The number of carbonyl (C=O) groups excluding carboxylic acids is 1. The van der Waals surface area contributed by atoms with Gasteiger partial charge < -0.3 is 14.6 Å². The molecule has 0 spiro atoms. The maximum absolute atomic E-state index is 14.1. The monoisotopic (exact) mass is 588 g/mol. The minimum Gasteiger partial charge on any atom is -0.481 e. The molecule has 0 radical (unpaired) electrons. The lowest BCUT2D eigenvalue weighted by atomic mass is 9.41. The summed E-state index contributed by atoms with van der Waals surface area (Å²) in [5.41, 5.74) is -0.325. The van der Waals surface area contributed by atoms with Crippen LogP contribution in [0.15, 0.2) is 36.2 Å². The number of likely N-dealkylation sites (N-methyl/N-ethyl adjacent to an activating group) is 1. The van der Waals surface area contributed by atoms with Gasteiger partial charge in [0.25, 0.3) is 0 Å². The van der Waals surface area contributed by atoms with Gasteiger partial charge in [0, 0.05) is 30.9 Å². The first-order valence-electron chi connectivity index (χ1n) is 17.3. The Bertz CT molecular complexity index is 1260. The Kier molecular flexibility index (Phi) is 7.44. The molecule has 43 heavy (non-hydrogen) atoms. The number of fused-ring (bicyclic) bond motifs is 2. The van der Waals surface area contributed by atoms with E-state index in [4.69, 9.17) is 4.74 Å². The van der Waals surface area contributed by atoms with Crippen molar-refractivity contribution in [2.45, 2.75) is 104 Å². The predicted molar refractivity (Wildman–Crippen MR) is 166 cm³/mol. The lowest BCUT2D eigenvalue weighted by Gasteiger charge is -2.60. The number of hydrogen-bond donors (Lipinski definition) is 1. The molecule has 6 nitrogen and oxygen atoms in total.